The number of hydrogen-bond acceptors (Lipinski definition) is 1. The Morgan fingerprint density at radius 3 is 2.64 bits per heavy atom. The van der Waals surface area contributed by atoms with Gasteiger partial charge in [-0.05, 0) is 24.7 Å². The zero-order valence-corrected chi connectivity index (χ0v) is 9.08. The molecule has 2 N–H and O–H groups in total. The minimum Gasteiger partial charge on any atom is -0.370 e. The molecule has 0 radical (unpaired) electrons. The van der Waals surface area contributed by atoms with E-state index in [1.165, 1.54) is 32.1 Å². The molecule has 2 unspecified atom stereocenters. The normalized spacial score (nSPS) is 34.1. The highest BCUT2D eigenvalue weighted by Gasteiger charge is 2.31. The first-order valence-electron chi connectivity index (χ1n) is 5.78. The number of likely N-dealkylation sites (tertiary alicyclic amines) is 1. The van der Waals surface area contributed by atoms with Gasteiger partial charge in [0.25, 0.3) is 0 Å². The highest BCUT2D eigenvalue weighted by Crippen LogP contribution is 2.35. The predicted molar refractivity (Wildman–Crippen MR) is 59.2 cm³/mol. The molecule has 0 aromatic rings. The second-order valence-corrected chi connectivity index (χ2v) is 4.62. The lowest BCUT2D eigenvalue weighted by atomic mass is 9.75. The zero-order valence-electron chi connectivity index (χ0n) is 9.08. The van der Waals surface area contributed by atoms with E-state index in [2.05, 4.69) is 9.89 Å². The lowest BCUT2D eigenvalue weighted by Crippen LogP contribution is -2.47. The minimum absolute atomic E-state index is 0.731. The fourth-order valence-corrected chi connectivity index (χ4v) is 2.95. The van der Waals surface area contributed by atoms with E-state index in [1.807, 2.05) is 0 Å². The molecule has 3 heteroatoms. The van der Waals surface area contributed by atoms with Crippen LogP contribution in [0.4, 0.5) is 0 Å². The standard InChI is InChI=1S/C11H21N3/c1-13-11(12)14-7-6-9-4-2-3-5-10(9)8-14/h9-10H,2-8H2,1H3,(H2,12,13). The van der Waals surface area contributed by atoms with E-state index >= 15 is 0 Å². The number of nitrogens with two attached hydrogens (primary N) is 1. The molecule has 1 saturated carbocycles. The van der Waals surface area contributed by atoms with Gasteiger partial charge < -0.3 is 10.6 Å². The highest BCUT2D eigenvalue weighted by molar-refractivity contribution is 5.78. The summed E-state index contributed by atoms with van der Waals surface area (Å²) in [5, 5.41) is 0. The molecule has 2 fully saturated rings. The van der Waals surface area contributed by atoms with Crippen molar-refractivity contribution in [2.24, 2.45) is 22.6 Å². The van der Waals surface area contributed by atoms with Crippen molar-refractivity contribution in [2.45, 2.75) is 32.1 Å². The molecule has 14 heavy (non-hydrogen) atoms. The lowest BCUT2D eigenvalue weighted by molar-refractivity contribution is 0.129. The summed E-state index contributed by atoms with van der Waals surface area (Å²) in [4.78, 5) is 6.33. The van der Waals surface area contributed by atoms with Crippen molar-refractivity contribution in [3.05, 3.63) is 0 Å². The molecule has 1 aliphatic heterocycles. The summed E-state index contributed by atoms with van der Waals surface area (Å²) in [5.41, 5.74) is 5.85. The van der Waals surface area contributed by atoms with Crippen LogP contribution in [0.5, 0.6) is 0 Å². The monoisotopic (exact) mass is 195 g/mol. The number of nitrogens with zero attached hydrogens (tertiary/aromatic N) is 2. The van der Waals surface area contributed by atoms with Crippen molar-refractivity contribution in [1.82, 2.24) is 4.90 Å². The largest absolute Gasteiger partial charge is 0.370 e. The number of aliphatic imine (C=N–C) groups is 1. The molecular weight excluding hydrogens is 174 g/mol. The summed E-state index contributed by atoms with van der Waals surface area (Å²) in [7, 11) is 1.78. The van der Waals surface area contributed by atoms with Gasteiger partial charge in [-0.3, -0.25) is 4.99 Å². The molecule has 2 atom stereocenters. The van der Waals surface area contributed by atoms with Gasteiger partial charge in [0.15, 0.2) is 5.96 Å². The molecule has 1 saturated heterocycles. The van der Waals surface area contributed by atoms with E-state index in [-0.39, 0.29) is 0 Å². The number of fused-ring (bicyclic) bond motifs is 1. The number of hydrogen-bond donors (Lipinski definition) is 1. The van der Waals surface area contributed by atoms with E-state index in [9.17, 15) is 0 Å². The van der Waals surface area contributed by atoms with Crippen molar-refractivity contribution in [3.63, 3.8) is 0 Å². The van der Waals surface area contributed by atoms with Gasteiger partial charge in [0.2, 0.25) is 0 Å². The van der Waals surface area contributed by atoms with Gasteiger partial charge in [-0.2, -0.15) is 0 Å². The van der Waals surface area contributed by atoms with Gasteiger partial charge in [-0.15, -0.1) is 0 Å². The van der Waals surface area contributed by atoms with Gasteiger partial charge >= 0.3 is 0 Å². The van der Waals surface area contributed by atoms with Crippen LogP contribution in [-0.4, -0.2) is 31.0 Å². The summed E-state index contributed by atoms with van der Waals surface area (Å²) in [6.45, 7) is 2.26. The first kappa shape index (κ1) is 9.81. The van der Waals surface area contributed by atoms with Gasteiger partial charge in [0.1, 0.15) is 0 Å². The van der Waals surface area contributed by atoms with E-state index in [0.717, 1.165) is 30.9 Å². The van der Waals surface area contributed by atoms with Crippen LogP contribution in [0.2, 0.25) is 0 Å². The van der Waals surface area contributed by atoms with Crippen LogP contribution < -0.4 is 5.73 Å². The van der Waals surface area contributed by atoms with Crippen LogP contribution in [-0.2, 0) is 0 Å². The maximum atomic E-state index is 5.85. The van der Waals surface area contributed by atoms with E-state index < -0.39 is 0 Å². The molecule has 2 rings (SSSR count). The summed E-state index contributed by atoms with van der Waals surface area (Å²) in [6.07, 6.45) is 7.03. The molecule has 0 spiro atoms. The summed E-state index contributed by atoms with van der Waals surface area (Å²) >= 11 is 0. The SMILES string of the molecule is CN=C(N)N1CCC2CCCCC2C1. The fourth-order valence-electron chi connectivity index (χ4n) is 2.95. The fraction of sp³-hybridized carbons (Fsp3) is 0.909. The van der Waals surface area contributed by atoms with Crippen molar-refractivity contribution in [1.29, 1.82) is 0 Å². The van der Waals surface area contributed by atoms with Crippen LogP contribution in [0.15, 0.2) is 4.99 Å². The van der Waals surface area contributed by atoms with Crippen molar-refractivity contribution >= 4 is 5.96 Å². The van der Waals surface area contributed by atoms with Crippen LogP contribution >= 0.6 is 0 Å². The van der Waals surface area contributed by atoms with Crippen LogP contribution in [0.25, 0.3) is 0 Å². The molecule has 1 heterocycles. The smallest absolute Gasteiger partial charge is 0.190 e. The predicted octanol–water partition coefficient (Wildman–Crippen LogP) is 1.44. The topological polar surface area (TPSA) is 41.6 Å². The third-order valence-electron chi connectivity index (χ3n) is 3.84. The quantitative estimate of drug-likeness (QED) is 0.469. The van der Waals surface area contributed by atoms with Gasteiger partial charge in [-0.1, -0.05) is 19.3 Å². The third-order valence-corrected chi connectivity index (χ3v) is 3.84. The van der Waals surface area contributed by atoms with Crippen molar-refractivity contribution in [3.8, 4) is 0 Å². The van der Waals surface area contributed by atoms with E-state index in [0.29, 0.717) is 0 Å². The molecule has 0 aromatic carbocycles. The van der Waals surface area contributed by atoms with Gasteiger partial charge in [0.05, 0.1) is 0 Å². The van der Waals surface area contributed by atoms with Crippen molar-refractivity contribution < 1.29 is 0 Å². The first-order chi connectivity index (χ1) is 6.81. The van der Waals surface area contributed by atoms with Crippen LogP contribution in [0.1, 0.15) is 32.1 Å². The van der Waals surface area contributed by atoms with Gasteiger partial charge in [0, 0.05) is 20.1 Å². The summed E-state index contributed by atoms with van der Waals surface area (Å²) in [5.74, 6) is 2.59. The molecule has 0 amide bonds. The Kier molecular flexibility index (Phi) is 2.94. The molecular formula is C11H21N3. The summed E-state index contributed by atoms with van der Waals surface area (Å²) < 4.78 is 0. The van der Waals surface area contributed by atoms with E-state index in [4.69, 9.17) is 5.73 Å². The van der Waals surface area contributed by atoms with Gasteiger partial charge in [-0.25, -0.2) is 0 Å². The number of guanidine groups is 1. The van der Waals surface area contributed by atoms with Crippen LogP contribution in [0, 0.1) is 11.8 Å². The first-order valence-corrected chi connectivity index (χ1v) is 5.78. The maximum Gasteiger partial charge on any atom is 0.190 e. The third kappa shape index (κ3) is 1.86. The molecule has 2 aliphatic rings. The average Bonchev–Trinajstić information content (AvgIpc) is 2.27. The van der Waals surface area contributed by atoms with Crippen molar-refractivity contribution in [2.75, 3.05) is 20.1 Å². The zero-order chi connectivity index (χ0) is 9.97. The van der Waals surface area contributed by atoms with E-state index in [1.54, 1.807) is 7.05 Å². The summed E-state index contributed by atoms with van der Waals surface area (Å²) in [6, 6.07) is 0. The molecule has 3 nitrogen and oxygen atoms in total. The highest BCUT2D eigenvalue weighted by atomic mass is 15.3. The molecule has 0 bridgehead atoms. The molecule has 0 aromatic heterocycles. The average molecular weight is 195 g/mol. The Morgan fingerprint density at radius 1 is 1.21 bits per heavy atom. The Bertz CT molecular complexity index is 225. The second-order valence-electron chi connectivity index (χ2n) is 4.62. The Morgan fingerprint density at radius 2 is 1.93 bits per heavy atom. The maximum absolute atomic E-state index is 5.85. The number of piperidine rings is 1. The Labute approximate surface area is 86.4 Å². The molecule has 1 aliphatic carbocycles. The Balaban J connectivity index is 1.95. The Hall–Kier alpha value is -0.730. The number of rotatable bonds is 0. The second kappa shape index (κ2) is 4.20. The molecule has 80 valence electrons. The minimum atomic E-state index is 0.731. The van der Waals surface area contributed by atoms with Crippen LogP contribution in [0.3, 0.4) is 0 Å². The lowest BCUT2D eigenvalue weighted by Gasteiger charge is -2.41.